The number of carboxylic acid groups (broad SMARTS) is 1. The molecule has 0 fully saturated rings. The van der Waals surface area contributed by atoms with E-state index in [9.17, 15) is 4.79 Å². The highest BCUT2D eigenvalue weighted by Crippen LogP contribution is 2.21. The fourth-order valence-corrected chi connectivity index (χ4v) is 2.35. The van der Waals surface area contributed by atoms with Crippen molar-refractivity contribution in [2.24, 2.45) is 0 Å². The molecule has 0 amide bonds. The van der Waals surface area contributed by atoms with Crippen LogP contribution in [0.1, 0.15) is 48.5 Å². The van der Waals surface area contributed by atoms with Crippen molar-refractivity contribution < 1.29 is 9.90 Å². The summed E-state index contributed by atoms with van der Waals surface area (Å²) in [5.74, 6) is -0.105. The van der Waals surface area contributed by atoms with Gasteiger partial charge in [-0.1, -0.05) is 6.42 Å². The van der Waals surface area contributed by atoms with E-state index in [0.29, 0.717) is 12.2 Å². The quantitative estimate of drug-likeness (QED) is 0.813. The van der Waals surface area contributed by atoms with Gasteiger partial charge in [-0.05, 0) is 38.2 Å². The predicted octanol–water partition coefficient (Wildman–Crippen LogP) is 2.07. The molecule has 4 nitrogen and oxygen atoms in total. The fourth-order valence-electron chi connectivity index (χ4n) is 2.35. The minimum absolute atomic E-state index is 0.109. The first-order chi connectivity index (χ1) is 8.16. The maximum Gasteiger partial charge on any atom is 0.303 e. The third kappa shape index (κ3) is 3.02. The molecule has 0 aliphatic heterocycles. The van der Waals surface area contributed by atoms with Crippen molar-refractivity contribution in [1.29, 1.82) is 0 Å². The van der Waals surface area contributed by atoms with Gasteiger partial charge in [-0.3, -0.25) is 4.79 Å². The van der Waals surface area contributed by atoms with Gasteiger partial charge < -0.3 is 5.11 Å². The van der Waals surface area contributed by atoms with Crippen molar-refractivity contribution in [2.45, 2.75) is 51.9 Å². The van der Waals surface area contributed by atoms with E-state index >= 15 is 0 Å². The summed E-state index contributed by atoms with van der Waals surface area (Å²) in [5.41, 5.74) is 3.48. The largest absolute Gasteiger partial charge is 0.481 e. The molecule has 1 aliphatic rings. The summed E-state index contributed by atoms with van der Waals surface area (Å²) in [5, 5.41) is 8.67. The Hall–Kier alpha value is -1.45. The van der Waals surface area contributed by atoms with Gasteiger partial charge in [0.05, 0.1) is 6.42 Å². The van der Waals surface area contributed by atoms with Crippen LogP contribution >= 0.6 is 0 Å². The van der Waals surface area contributed by atoms with Crippen LogP contribution in [0.2, 0.25) is 0 Å². The van der Waals surface area contributed by atoms with E-state index in [4.69, 9.17) is 5.11 Å². The van der Waals surface area contributed by atoms with Crippen LogP contribution in [0.25, 0.3) is 0 Å². The molecule has 2 rings (SSSR count). The van der Waals surface area contributed by atoms with Crippen LogP contribution in [0, 0.1) is 6.92 Å². The Morgan fingerprint density at radius 3 is 2.76 bits per heavy atom. The van der Waals surface area contributed by atoms with Gasteiger partial charge in [-0.15, -0.1) is 0 Å². The Balaban J connectivity index is 2.22. The zero-order valence-corrected chi connectivity index (χ0v) is 10.2. The zero-order valence-electron chi connectivity index (χ0n) is 10.2. The monoisotopic (exact) mass is 234 g/mol. The summed E-state index contributed by atoms with van der Waals surface area (Å²) in [4.78, 5) is 19.5. The molecule has 0 saturated carbocycles. The standard InChI is InChI=1S/C13H18N2O2/c1-9-10-5-3-2-4-6-11(10)15-12(14-9)7-8-13(16)17/h2-8H2,1H3,(H,16,17). The van der Waals surface area contributed by atoms with Gasteiger partial charge >= 0.3 is 5.97 Å². The van der Waals surface area contributed by atoms with E-state index in [1.54, 1.807) is 0 Å². The van der Waals surface area contributed by atoms with Crippen LogP contribution in [0.4, 0.5) is 0 Å². The SMILES string of the molecule is Cc1nc(CCC(=O)O)nc2c1CCCCC2. The van der Waals surface area contributed by atoms with Crippen LogP contribution < -0.4 is 0 Å². The van der Waals surface area contributed by atoms with Gasteiger partial charge in [0, 0.05) is 17.8 Å². The second-order valence-corrected chi connectivity index (χ2v) is 4.60. The summed E-state index contributed by atoms with van der Waals surface area (Å²) < 4.78 is 0. The van der Waals surface area contributed by atoms with Crippen molar-refractivity contribution >= 4 is 5.97 Å². The molecule has 1 N–H and O–H groups in total. The van der Waals surface area contributed by atoms with Gasteiger partial charge in [-0.25, -0.2) is 9.97 Å². The van der Waals surface area contributed by atoms with E-state index in [2.05, 4.69) is 9.97 Å². The van der Waals surface area contributed by atoms with E-state index in [1.807, 2.05) is 6.92 Å². The van der Waals surface area contributed by atoms with Crippen LogP contribution in [0.5, 0.6) is 0 Å². The summed E-state index contributed by atoms with van der Waals surface area (Å²) in [6.07, 6.45) is 6.27. The van der Waals surface area contributed by atoms with Crippen molar-refractivity contribution in [1.82, 2.24) is 9.97 Å². The molecular weight excluding hydrogens is 216 g/mol. The number of aromatic nitrogens is 2. The molecule has 0 saturated heterocycles. The summed E-state index contributed by atoms with van der Waals surface area (Å²) in [6.45, 7) is 2.01. The van der Waals surface area contributed by atoms with E-state index in [-0.39, 0.29) is 6.42 Å². The molecule has 1 aliphatic carbocycles. The Morgan fingerprint density at radius 2 is 2.00 bits per heavy atom. The molecule has 1 aromatic heterocycles. The summed E-state index contributed by atoms with van der Waals surface area (Å²) >= 11 is 0. The number of hydrogen-bond acceptors (Lipinski definition) is 3. The highest BCUT2D eigenvalue weighted by molar-refractivity contribution is 5.66. The Labute approximate surface area is 101 Å². The molecular formula is C13H18N2O2. The van der Waals surface area contributed by atoms with Crippen LogP contribution in [0.15, 0.2) is 0 Å². The molecule has 1 aromatic rings. The highest BCUT2D eigenvalue weighted by Gasteiger charge is 2.14. The van der Waals surface area contributed by atoms with Crippen LogP contribution in [-0.2, 0) is 24.1 Å². The number of rotatable bonds is 3. The van der Waals surface area contributed by atoms with Gasteiger partial charge in [0.2, 0.25) is 0 Å². The first kappa shape index (κ1) is 12.0. The molecule has 0 spiro atoms. The summed E-state index contributed by atoms with van der Waals surface area (Å²) in [6, 6.07) is 0. The number of aliphatic carboxylic acids is 1. The minimum Gasteiger partial charge on any atom is -0.481 e. The van der Waals surface area contributed by atoms with Gasteiger partial charge in [0.15, 0.2) is 0 Å². The Bertz CT molecular complexity index is 430. The third-order valence-corrected chi connectivity index (χ3v) is 3.25. The molecule has 0 atom stereocenters. The Kier molecular flexibility index (Phi) is 3.71. The molecule has 0 unspecified atom stereocenters. The zero-order chi connectivity index (χ0) is 12.3. The van der Waals surface area contributed by atoms with Gasteiger partial charge in [0.1, 0.15) is 5.82 Å². The van der Waals surface area contributed by atoms with Crippen LogP contribution in [0.3, 0.4) is 0 Å². The number of carboxylic acids is 1. The molecule has 4 heteroatoms. The number of hydrogen-bond donors (Lipinski definition) is 1. The maximum absolute atomic E-state index is 10.5. The molecule has 0 bridgehead atoms. The predicted molar refractivity (Wildman–Crippen MR) is 64.0 cm³/mol. The van der Waals surface area contributed by atoms with Crippen molar-refractivity contribution in [2.75, 3.05) is 0 Å². The van der Waals surface area contributed by atoms with E-state index in [0.717, 1.165) is 24.2 Å². The second-order valence-electron chi connectivity index (χ2n) is 4.60. The van der Waals surface area contributed by atoms with E-state index in [1.165, 1.54) is 24.8 Å². The van der Waals surface area contributed by atoms with Gasteiger partial charge in [-0.2, -0.15) is 0 Å². The van der Waals surface area contributed by atoms with E-state index < -0.39 is 5.97 Å². The fraction of sp³-hybridized carbons (Fsp3) is 0.615. The average molecular weight is 234 g/mol. The van der Waals surface area contributed by atoms with Gasteiger partial charge in [0.25, 0.3) is 0 Å². The molecule has 92 valence electrons. The lowest BCUT2D eigenvalue weighted by atomic mass is 10.1. The smallest absolute Gasteiger partial charge is 0.303 e. The van der Waals surface area contributed by atoms with Crippen molar-refractivity contribution in [3.63, 3.8) is 0 Å². The molecule has 17 heavy (non-hydrogen) atoms. The average Bonchev–Trinajstić information content (AvgIpc) is 2.51. The lowest BCUT2D eigenvalue weighted by molar-refractivity contribution is -0.137. The van der Waals surface area contributed by atoms with Crippen LogP contribution in [-0.4, -0.2) is 21.0 Å². The van der Waals surface area contributed by atoms with Crippen molar-refractivity contribution in [3.8, 4) is 0 Å². The number of fused-ring (bicyclic) bond motifs is 1. The number of carbonyl (C=O) groups is 1. The summed E-state index contributed by atoms with van der Waals surface area (Å²) in [7, 11) is 0. The second kappa shape index (κ2) is 5.25. The van der Waals surface area contributed by atoms with Crippen molar-refractivity contribution in [3.05, 3.63) is 22.8 Å². The highest BCUT2D eigenvalue weighted by atomic mass is 16.4. The normalized spacial score (nSPS) is 15.1. The first-order valence-electron chi connectivity index (χ1n) is 6.24. The molecule has 0 aromatic carbocycles. The Morgan fingerprint density at radius 1 is 1.24 bits per heavy atom. The topological polar surface area (TPSA) is 63.1 Å². The number of nitrogens with zero attached hydrogens (tertiary/aromatic N) is 2. The number of aryl methyl sites for hydroxylation is 3. The first-order valence-corrected chi connectivity index (χ1v) is 6.24. The lowest BCUT2D eigenvalue weighted by Gasteiger charge is -2.10. The maximum atomic E-state index is 10.5. The molecule has 1 heterocycles. The lowest BCUT2D eigenvalue weighted by Crippen LogP contribution is -2.08. The molecule has 0 radical (unpaired) electrons. The minimum atomic E-state index is -0.791. The third-order valence-electron chi connectivity index (χ3n) is 3.25.